The highest BCUT2D eigenvalue weighted by Gasteiger charge is 2.03. The van der Waals surface area contributed by atoms with Crippen molar-refractivity contribution in [3.63, 3.8) is 0 Å². The SMILES string of the molecule is CC(C)NCC(C)NCc1ccc2ccccc2n1. The Morgan fingerprint density at radius 3 is 2.58 bits per heavy atom. The van der Waals surface area contributed by atoms with Gasteiger partial charge in [0.25, 0.3) is 0 Å². The van der Waals surface area contributed by atoms with Crippen LogP contribution in [0.3, 0.4) is 0 Å². The number of aromatic nitrogens is 1. The van der Waals surface area contributed by atoms with Crippen molar-refractivity contribution in [2.24, 2.45) is 0 Å². The number of fused-ring (bicyclic) bond motifs is 1. The molecule has 0 aliphatic heterocycles. The first-order chi connectivity index (χ1) is 9.15. The molecule has 19 heavy (non-hydrogen) atoms. The van der Waals surface area contributed by atoms with Crippen LogP contribution in [0.25, 0.3) is 10.9 Å². The molecule has 3 nitrogen and oxygen atoms in total. The van der Waals surface area contributed by atoms with E-state index in [0.29, 0.717) is 12.1 Å². The van der Waals surface area contributed by atoms with Crippen molar-refractivity contribution in [2.45, 2.75) is 39.4 Å². The second-order valence-corrected chi connectivity index (χ2v) is 5.34. The summed E-state index contributed by atoms with van der Waals surface area (Å²) >= 11 is 0. The Morgan fingerprint density at radius 2 is 1.79 bits per heavy atom. The van der Waals surface area contributed by atoms with Gasteiger partial charge < -0.3 is 10.6 Å². The molecule has 1 heterocycles. The van der Waals surface area contributed by atoms with E-state index < -0.39 is 0 Å². The van der Waals surface area contributed by atoms with E-state index in [0.717, 1.165) is 24.3 Å². The lowest BCUT2D eigenvalue weighted by molar-refractivity contribution is 0.472. The van der Waals surface area contributed by atoms with Crippen LogP contribution < -0.4 is 10.6 Å². The summed E-state index contributed by atoms with van der Waals surface area (Å²) in [4.78, 5) is 4.66. The molecule has 0 saturated carbocycles. The maximum Gasteiger partial charge on any atom is 0.0705 e. The smallest absolute Gasteiger partial charge is 0.0705 e. The molecule has 0 aliphatic carbocycles. The number of pyridine rings is 1. The second-order valence-electron chi connectivity index (χ2n) is 5.34. The summed E-state index contributed by atoms with van der Waals surface area (Å²) in [5.41, 5.74) is 2.16. The van der Waals surface area contributed by atoms with Gasteiger partial charge in [-0.1, -0.05) is 38.1 Å². The number of hydrogen-bond donors (Lipinski definition) is 2. The largest absolute Gasteiger partial charge is 0.313 e. The van der Waals surface area contributed by atoms with E-state index in [1.807, 2.05) is 12.1 Å². The molecule has 1 atom stereocenters. The number of benzene rings is 1. The first-order valence-electron chi connectivity index (χ1n) is 6.96. The fourth-order valence-corrected chi connectivity index (χ4v) is 1.97. The molecular weight excluding hydrogens is 234 g/mol. The van der Waals surface area contributed by atoms with Gasteiger partial charge in [0.2, 0.25) is 0 Å². The third-order valence-electron chi connectivity index (χ3n) is 3.12. The number of nitrogens with zero attached hydrogens (tertiary/aromatic N) is 1. The normalized spacial score (nSPS) is 13.1. The minimum Gasteiger partial charge on any atom is -0.313 e. The Hall–Kier alpha value is -1.45. The number of para-hydroxylation sites is 1. The van der Waals surface area contributed by atoms with Crippen LogP contribution in [0.4, 0.5) is 0 Å². The summed E-state index contributed by atoms with van der Waals surface area (Å²) < 4.78 is 0. The minimum absolute atomic E-state index is 0.440. The molecule has 1 aromatic carbocycles. The Kier molecular flexibility index (Phi) is 4.88. The van der Waals surface area contributed by atoms with E-state index in [-0.39, 0.29) is 0 Å². The van der Waals surface area contributed by atoms with Crippen molar-refractivity contribution in [1.82, 2.24) is 15.6 Å². The van der Waals surface area contributed by atoms with Gasteiger partial charge in [0.05, 0.1) is 11.2 Å². The molecule has 2 aromatic rings. The summed E-state index contributed by atoms with van der Waals surface area (Å²) in [5, 5.41) is 8.12. The van der Waals surface area contributed by atoms with Crippen LogP contribution >= 0.6 is 0 Å². The van der Waals surface area contributed by atoms with Gasteiger partial charge in [-0.05, 0) is 19.1 Å². The van der Waals surface area contributed by atoms with Crippen LogP contribution in [0.5, 0.6) is 0 Å². The number of nitrogens with one attached hydrogen (secondary N) is 2. The molecule has 0 bridgehead atoms. The van der Waals surface area contributed by atoms with Crippen molar-refractivity contribution >= 4 is 10.9 Å². The Bertz CT molecular complexity index is 522. The third kappa shape index (κ3) is 4.30. The zero-order valence-electron chi connectivity index (χ0n) is 12.0. The van der Waals surface area contributed by atoms with Crippen LogP contribution in [-0.2, 0) is 6.54 Å². The van der Waals surface area contributed by atoms with Crippen molar-refractivity contribution in [3.05, 3.63) is 42.1 Å². The van der Waals surface area contributed by atoms with Gasteiger partial charge in [0.15, 0.2) is 0 Å². The lowest BCUT2D eigenvalue weighted by Gasteiger charge is -2.16. The van der Waals surface area contributed by atoms with Gasteiger partial charge in [0.1, 0.15) is 0 Å². The molecule has 0 fully saturated rings. The van der Waals surface area contributed by atoms with E-state index in [4.69, 9.17) is 0 Å². The second kappa shape index (κ2) is 6.64. The number of hydrogen-bond acceptors (Lipinski definition) is 3. The predicted octanol–water partition coefficient (Wildman–Crippen LogP) is 2.71. The Balaban J connectivity index is 1.90. The minimum atomic E-state index is 0.440. The highest BCUT2D eigenvalue weighted by Crippen LogP contribution is 2.11. The van der Waals surface area contributed by atoms with E-state index >= 15 is 0 Å². The highest BCUT2D eigenvalue weighted by atomic mass is 15.0. The number of rotatable bonds is 6. The average molecular weight is 257 g/mol. The summed E-state index contributed by atoms with van der Waals surface area (Å²) in [6.45, 7) is 8.31. The van der Waals surface area contributed by atoms with E-state index in [1.165, 1.54) is 5.39 Å². The lowest BCUT2D eigenvalue weighted by Crippen LogP contribution is -2.38. The average Bonchev–Trinajstić information content (AvgIpc) is 2.42. The molecule has 2 rings (SSSR count). The molecule has 102 valence electrons. The first kappa shape index (κ1) is 14.0. The topological polar surface area (TPSA) is 37.0 Å². The van der Waals surface area contributed by atoms with Gasteiger partial charge in [-0.3, -0.25) is 4.98 Å². The third-order valence-corrected chi connectivity index (χ3v) is 3.12. The van der Waals surface area contributed by atoms with Crippen LogP contribution in [0.2, 0.25) is 0 Å². The standard InChI is InChI=1S/C16H23N3/c1-12(2)17-10-13(3)18-11-15-9-8-14-6-4-5-7-16(14)19-15/h4-9,12-13,17-18H,10-11H2,1-3H3. The molecule has 1 unspecified atom stereocenters. The summed E-state index contributed by atoms with van der Waals surface area (Å²) in [6.07, 6.45) is 0. The quantitative estimate of drug-likeness (QED) is 0.835. The Labute approximate surface area is 115 Å². The summed E-state index contributed by atoms with van der Waals surface area (Å²) in [7, 11) is 0. The van der Waals surface area contributed by atoms with Crippen molar-refractivity contribution < 1.29 is 0 Å². The molecule has 1 aromatic heterocycles. The molecule has 0 amide bonds. The van der Waals surface area contributed by atoms with Crippen molar-refractivity contribution in [3.8, 4) is 0 Å². The highest BCUT2D eigenvalue weighted by molar-refractivity contribution is 5.78. The van der Waals surface area contributed by atoms with Crippen LogP contribution in [0.1, 0.15) is 26.5 Å². The van der Waals surface area contributed by atoms with Crippen molar-refractivity contribution in [1.29, 1.82) is 0 Å². The molecule has 0 radical (unpaired) electrons. The van der Waals surface area contributed by atoms with Crippen LogP contribution in [-0.4, -0.2) is 23.6 Å². The van der Waals surface area contributed by atoms with Gasteiger partial charge in [-0.25, -0.2) is 0 Å². The van der Waals surface area contributed by atoms with Gasteiger partial charge in [0, 0.05) is 30.6 Å². The zero-order chi connectivity index (χ0) is 13.7. The van der Waals surface area contributed by atoms with Gasteiger partial charge in [-0.2, -0.15) is 0 Å². The molecule has 0 spiro atoms. The first-order valence-corrected chi connectivity index (χ1v) is 6.96. The van der Waals surface area contributed by atoms with Gasteiger partial charge >= 0.3 is 0 Å². The van der Waals surface area contributed by atoms with Crippen LogP contribution in [0, 0.1) is 0 Å². The predicted molar refractivity (Wildman–Crippen MR) is 81.2 cm³/mol. The summed E-state index contributed by atoms with van der Waals surface area (Å²) in [6, 6.07) is 13.4. The zero-order valence-corrected chi connectivity index (χ0v) is 12.0. The van der Waals surface area contributed by atoms with E-state index in [9.17, 15) is 0 Å². The van der Waals surface area contributed by atoms with Crippen molar-refractivity contribution in [2.75, 3.05) is 6.54 Å². The fraction of sp³-hybridized carbons (Fsp3) is 0.438. The van der Waals surface area contributed by atoms with Crippen LogP contribution in [0.15, 0.2) is 36.4 Å². The molecule has 3 heteroatoms. The molecule has 0 aliphatic rings. The lowest BCUT2D eigenvalue weighted by atomic mass is 10.2. The Morgan fingerprint density at radius 1 is 1.00 bits per heavy atom. The molecular formula is C16H23N3. The monoisotopic (exact) mass is 257 g/mol. The summed E-state index contributed by atoms with van der Waals surface area (Å²) in [5.74, 6) is 0. The maximum absolute atomic E-state index is 4.66. The molecule has 0 saturated heterocycles. The molecule has 2 N–H and O–H groups in total. The maximum atomic E-state index is 4.66. The van der Waals surface area contributed by atoms with E-state index in [1.54, 1.807) is 0 Å². The van der Waals surface area contributed by atoms with E-state index in [2.05, 4.69) is 60.7 Å². The van der Waals surface area contributed by atoms with Gasteiger partial charge in [-0.15, -0.1) is 0 Å². The fourth-order valence-electron chi connectivity index (χ4n) is 1.97.